The van der Waals surface area contributed by atoms with Gasteiger partial charge in [-0.3, -0.25) is 9.69 Å². The summed E-state index contributed by atoms with van der Waals surface area (Å²) in [6.07, 6.45) is 0. The quantitative estimate of drug-likeness (QED) is 0.862. The Bertz CT molecular complexity index is 624. The molecule has 1 fully saturated rings. The zero-order chi connectivity index (χ0) is 14.8. The number of nitrogens with zero attached hydrogens (tertiary/aromatic N) is 3. The van der Waals surface area contributed by atoms with Crippen molar-refractivity contribution >= 4 is 5.91 Å². The molecule has 1 aliphatic heterocycles. The van der Waals surface area contributed by atoms with Crippen molar-refractivity contribution in [2.45, 2.75) is 20.4 Å². The second kappa shape index (κ2) is 5.73. The highest BCUT2D eigenvalue weighted by atomic mass is 16.5. The molecule has 2 aromatic rings. The van der Waals surface area contributed by atoms with E-state index in [2.05, 4.69) is 10.1 Å². The molecule has 0 bridgehead atoms. The van der Waals surface area contributed by atoms with E-state index in [0.29, 0.717) is 18.8 Å². The minimum atomic E-state index is -0.0277. The number of amides is 1. The lowest BCUT2D eigenvalue weighted by Gasteiger charge is -2.33. The second-order valence-corrected chi connectivity index (χ2v) is 5.41. The predicted molar refractivity (Wildman–Crippen MR) is 75.9 cm³/mol. The van der Waals surface area contributed by atoms with Gasteiger partial charge in [0.15, 0.2) is 5.76 Å². The number of aromatic nitrogens is 1. The molecular weight excluding hydrogens is 270 g/mol. The summed E-state index contributed by atoms with van der Waals surface area (Å²) in [5.74, 6) is 1.98. The van der Waals surface area contributed by atoms with E-state index < -0.39 is 0 Å². The van der Waals surface area contributed by atoms with E-state index in [-0.39, 0.29) is 5.91 Å². The van der Waals surface area contributed by atoms with Gasteiger partial charge in [-0.1, -0.05) is 5.16 Å². The SMILES string of the molecule is Cc1cc(CN2CCN(C(=O)c3ccc(C)o3)CC2)no1. The molecule has 0 spiro atoms. The fraction of sp³-hybridized carbons (Fsp3) is 0.467. The van der Waals surface area contributed by atoms with Gasteiger partial charge in [-0.2, -0.15) is 0 Å². The highest BCUT2D eigenvalue weighted by Crippen LogP contribution is 2.13. The van der Waals surface area contributed by atoms with E-state index in [4.69, 9.17) is 8.94 Å². The van der Waals surface area contributed by atoms with Crippen molar-refractivity contribution in [1.29, 1.82) is 0 Å². The Morgan fingerprint density at radius 1 is 1.19 bits per heavy atom. The van der Waals surface area contributed by atoms with E-state index in [1.165, 1.54) is 0 Å². The molecule has 0 aliphatic carbocycles. The number of carbonyl (C=O) groups is 1. The third-order valence-electron chi connectivity index (χ3n) is 3.67. The maximum Gasteiger partial charge on any atom is 0.289 e. The topological polar surface area (TPSA) is 62.7 Å². The Morgan fingerprint density at radius 2 is 1.95 bits per heavy atom. The molecule has 6 heteroatoms. The normalized spacial score (nSPS) is 16.4. The lowest BCUT2D eigenvalue weighted by Crippen LogP contribution is -2.48. The van der Waals surface area contributed by atoms with Crippen LogP contribution in [-0.2, 0) is 6.54 Å². The van der Waals surface area contributed by atoms with Gasteiger partial charge in [0, 0.05) is 38.8 Å². The van der Waals surface area contributed by atoms with Crippen molar-refractivity contribution < 1.29 is 13.7 Å². The molecule has 1 amide bonds. The largest absolute Gasteiger partial charge is 0.456 e. The van der Waals surface area contributed by atoms with Crippen LogP contribution in [0, 0.1) is 13.8 Å². The Hall–Kier alpha value is -2.08. The summed E-state index contributed by atoms with van der Waals surface area (Å²) in [5, 5.41) is 4.00. The number of hydrogen-bond acceptors (Lipinski definition) is 5. The highest BCUT2D eigenvalue weighted by Gasteiger charge is 2.24. The van der Waals surface area contributed by atoms with Gasteiger partial charge in [0.1, 0.15) is 11.5 Å². The molecule has 0 N–H and O–H groups in total. The van der Waals surface area contributed by atoms with Gasteiger partial charge >= 0.3 is 0 Å². The first kappa shape index (κ1) is 13.9. The van der Waals surface area contributed by atoms with Gasteiger partial charge in [-0.05, 0) is 26.0 Å². The van der Waals surface area contributed by atoms with Gasteiger partial charge in [-0.15, -0.1) is 0 Å². The van der Waals surface area contributed by atoms with Crippen molar-refractivity contribution in [3.63, 3.8) is 0 Å². The van der Waals surface area contributed by atoms with Crippen LogP contribution >= 0.6 is 0 Å². The number of piperazine rings is 1. The van der Waals surface area contributed by atoms with E-state index in [0.717, 1.165) is 36.8 Å². The maximum absolute atomic E-state index is 12.3. The van der Waals surface area contributed by atoms with Crippen LogP contribution in [0.1, 0.15) is 27.8 Å². The Kier molecular flexibility index (Phi) is 3.79. The highest BCUT2D eigenvalue weighted by molar-refractivity contribution is 5.91. The van der Waals surface area contributed by atoms with Crippen LogP contribution < -0.4 is 0 Å². The standard InChI is InChI=1S/C15H19N3O3/c1-11-3-4-14(20-11)15(19)18-7-5-17(6-8-18)10-13-9-12(2)21-16-13/h3-4,9H,5-8,10H2,1-2H3. The van der Waals surface area contributed by atoms with Crippen LogP contribution in [0.4, 0.5) is 0 Å². The van der Waals surface area contributed by atoms with Crippen LogP contribution in [0.25, 0.3) is 0 Å². The summed E-state index contributed by atoms with van der Waals surface area (Å²) < 4.78 is 10.5. The summed E-state index contributed by atoms with van der Waals surface area (Å²) in [4.78, 5) is 16.4. The molecule has 3 rings (SSSR count). The number of carbonyl (C=O) groups excluding carboxylic acids is 1. The van der Waals surface area contributed by atoms with Crippen LogP contribution in [0.5, 0.6) is 0 Å². The van der Waals surface area contributed by atoms with Crippen molar-refractivity contribution in [3.8, 4) is 0 Å². The summed E-state index contributed by atoms with van der Waals surface area (Å²) in [5.41, 5.74) is 0.939. The van der Waals surface area contributed by atoms with Crippen molar-refractivity contribution in [2.24, 2.45) is 0 Å². The molecule has 0 aromatic carbocycles. The molecule has 0 saturated carbocycles. The number of aryl methyl sites for hydroxylation is 2. The molecule has 1 saturated heterocycles. The van der Waals surface area contributed by atoms with Gasteiger partial charge in [0.2, 0.25) is 0 Å². The van der Waals surface area contributed by atoms with Gasteiger partial charge in [0.05, 0.1) is 5.69 Å². The molecule has 0 unspecified atom stereocenters. The molecular formula is C15H19N3O3. The number of rotatable bonds is 3. The summed E-state index contributed by atoms with van der Waals surface area (Å²) in [6, 6.07) is 5.50. The van der Waals surface area contributed by atoms with Crippen molar-refractivity contribution in [1.82, 2.24) is 15.0 Å². The van der Waals surface area contributed by atoms with Crippen molar-refractivity contribution in [2.75, 3.05) is 26.2 Å². The lowest BCUT2D eigenvalue weighted by atomic mass is 10.2. The smallest absolute Gasteiger partial charge is 0.289 e. The van der Waals surface area contributed by atoms with E-state index in [1.54, 1.807) is 6.07 Å². The van der Waals surface area contributed by atoms with Gasteiger partial charge in [0.25, 0.3) is 5.91 Å². The summed E-state index contributed by atoms with van der Waals surface area (Å²) in [6.45, 7) is 7.56. The fourth-order valence-corrected chi connectivity index (χ4v) is 2.54. The summed E-state index contributed by atoms with van der Waals surface area (Å²) >= 11 is 0. The molecule has 112 valence electrons. The Balaban J connectivity index is 1.54. The molecule has 21 heavy (non-hydrogen) atoms. The van der Waals surface area contributed by atoms with Crippen LogP contribution in [0.15, 0.2) is 27.1 Å². The average Bonchev–Trinajstić information content (AvgIpc) is 3.08. The minimum absolute atomic E-state index is 0.0277. The maximum atomic E-state index is 12.3. The molecule has 1 aliphatic rings. The van der Waals surface area contributed by atoms with Gasteiger partial charge < -0.3 is 13.8 Å². The fourth-order valence-electron chi connectivity index (χ4n) is 2.54. The number of hydrogen-bond donors (Lipinski definition) is 0. The molecule has 2 aromatic heterocycles. The van der Waals surface area contributed by atoms with Crippen molar-refractivity contribution in [3.05, 3.63) is 41.2 Å². The third-order valence-corrected chi connectivity index (χ3v) is 3.67. The predicted octanol–water partition coefficient (Wildman–Crippen LogP) is 1.84. The first-order valence-electron chi connectivity index (χ1n) is 7.12. The van der Waals surface area contributed by atoms with E-state index in [1.807, 2.05) is 30.9 Å². The van der Waals surface area contributed by atoms with Gasteiger partial charge in [-0.25, -0.2) is 0 Å². The molecule has 6 nitrogen and oxygen atoms in total. The Labute approximate surface area is 123 Å². The number of furan rings is 1. The van der Waals surface area contributed by atoms with Crippen LogP contribution in [0.3, 0.4) is 0 Å². The zero-order valence-electron chi connectivity index (χ0n) is 12.3. The molecule has 3 heterocycles. The molecule has 0 atom stereocenters. The average molecular weight is 289 g/mol. The first-order valence-corrected chi connectivity index (χ1v) is 7.12. The van der Waals surface area contributed by atoms with Crippen LogP contribution in [-0.4, -0.2) is 47.0 Å². The lowest BCUT2D eigenvalue weighted by molar-refractivity contribution is 0.0594. The monoisotopic (exact) mass is 289 g/mol. The van der Waals surface area contributed by atoms with Crippen LogP contribution in [0.2, 0.25) is 0 Å². The second-order valence-electron chi connectivity index (χ2n) is 5.41. The Morgan fingerprint density at radius 3 is 2.52 bits per heavy atom. The molecule has 0 radical (unpaired) electrons. The first-order chi connectivity index (χ1) is 10.1. The van der Waals surface area contributed by atoms with E-state index >= 15 is 0 Å². The zero-order valence-corrected chi connectivity index (χ0v) is 12.3. The van der Waals surface area contributed by atoms with E-state index in [9.17, 15) is 4.79 Å². The summed E-state index contributed by atoms with van der Waals surface area (Å²) in [7, 11) is 0. The minimum Gasteiger partial charge on any atom is -0.456 e. The third kappa shape index (κ3) is 3.16.